The molecular weight excluding hydrogens is 200 g/mol. The molecule has 0 saturated heterocycles. The molecule has 0 aromatic heterocycles. The van der Waals surface area contributed by atoms with Crippen LogP contribution >= 0.6 is 0 Å². The van der Waals surface area contributed by atoms with Crippen molar-refractivity contribution in [2.75, 3.05) is 0 Å². The Kier molecular flexibility index (Phi) is 3.38. The van der Waals surface area contributed by atoms with Crippen LogP contribution in [0.5, 0.6) is 0 Å². The van der Waals surface area contributed by atoms with Crippen LogP contribution in [0.15, 0.2) is 0 Å². The molecule has 1 saturated carbocycles. The Hall–Kier alpha value is -0.650. The van der Waals surface area contributed by atoms with Gasteiger partial charge in [0.2, 0.25) is 0 Å². The van der Waals surface area contributed by atoms with Gasteiger partial charge >= 0.3 is 5.97 Å². The van der Waals surface area contributed by atoms with Crippen molar-refractivity contribution >= 4 is 5.97 Å². The number of aliphatic hydroxyl groups excluding tert-OH is 2. The highest BCUT2D eigenvalue weighted by Gasteiger charge is 2.58. The zero-order valence-corrected chi connectivity index (χ0v) is 8.92. The summed E-state index contributed by atoms with van der Waals surface area (Å²) in [5, 5.41) is 37.1. The smallest absolute Gasteiger partial charge is 0.306 e. The van der Waals surface area contributed by atoms with Crippen LogP contribution in [0, 0.1) is 11.8 Å². The molecule has 1 aliphatic carbocycles. The molecule has 4 unspecified atom stereocenters. The first-order valence-electron chi connectivity index (χ1n) is 5.09. The van der Waals surface area contributed by atoms with E-state index in [0.29, 0.717) is 0 Å². The SMILES string of the molecule is CC1C(C)C1(O)CC(O)C(O)CC(=O)O. The van der Waals surface area contributed by atoms with E-state index in [1.54, 1.807) is 0 Å². The standard InChI is InChI=1S/C10H18O5/c1-5-6(2)10(5,15)4-8(12)7(11)3-9(13)14/h5-8,11-12,15H,3-4H2,1-2H3,(H,13,14). The number of aliphatic carboxylic acids is 1. The van der Waals surface area contributed by atoms with E-state index in [1.807, 2.05) is 13.8 Å². The predicted molar refractivity (Wildman–Crippen MR) is 52.2 cm³/mol. The number of aliphatic hydroxyl groups is 3. The molecule has 1 rings (SSSR count). The van der Waals surface area contributed by atoms with Crippen LogP contribution in [0.25, 0.3) is 0 Å². The highest BCUT2D eigenvalue weighted by atomic mass is 16.4. The number of carboxylic acids is 1. The van der Waals surface area contributed by atoms with Gasteiger partial charge in [-0.05, 0) is 11.8 Å². The molecule has 0 aromatic carbocycles. The molecule has 4 N–H and O–H groups in total. The maximum Gasteiger partial charge on any atom is 0.306 e. The molecule has 0 heterocycles. The number of hydrogen-bond donors (Lipinski definition) is 4. The van der Waals surface area contributed by atoms with Gasteiger partial charge in [-0.2, -0.15) is 0 Å². The van der Waals surface area contributed by atoms with Gasteiger partial charge < -0.3 is 20.4 Å². The molecule has 0 bridgehead atoms. The monoisotopic (exact) mass is 218 g/mol. The highest BCUT2D eigenvalue weighted by molar-refractivity contribution is 5.67. The van der Waals surface area contributed by atoms with E-state index >= 15 is 0 Å². The average molecular weight is 218 g/mol. The lowest BCUT2D eigenvalue weighted by Gasteiger charge is -2.20. The lowest BCUT2D eigenvalue weighted by molar-refractivity contribution is -0.141. The van der Waals surface area contributed by atoms with Gasteiger partial charge in [0.15, 0.2) is 0 Å². The van der Waals surface area contributed by atoms with Crippen LogP contribution in [0.2, 0.25) is 0 Å². The summed E-state index contributed by atoms with van der Waals surface area (Å²) >= 11 is 0. The third-order valence-electron chi connectivity index (χ3n) is 3.58. The third-order valence-corrected chi connectivity index (χ3v) is 3.58. The lowest BCUT2D eigenvalue weighted by Crippen LogP contribution is -2.33. The van der Waals surface area contributed by atoms with Crippen molar-refractivity contribution in [3.63, 3.8) is 0 Å². The first-order chi connectivity index (χ1) is 6.79. The second-order valence-corrected chi connectivity index (χ2v) is 4.51. The van der Waals surface area contributed by atoms with E-state index in [9.17, 15) is 20.1 Å². The van der Waals surface area contributed by atoms with E-state index < -0.39 is 30.2 Å². The van der Waals surface area contributed by atoms with E-state index in [-0.39, 0.29) is 18.3 Å². The minimum Gasteiger partial charge on any atom is -0.481 e. The molecule has 4 atom stereocenters. The van der Waals surface area contributed by atoms with Crippen molar-refractivity contribution < 1.29 is 25.2 Å². The fraction of sp³-hybridized carbons (Fsp3) is 0.900. The summed E-state index contributed by atoms with van der Waals surface area (Å²) in [5.74, 6) is -0.987. The molecule has 5 heteroatoms. The van der Waals surface area contributed by atoms with Crippen LogP contribution in [0.1, 0.15) is 26.7 Å². The topological polar surface area (TPSA) is 98.0 Å². The van der Waals surface area contributed by atoms with Crippen LogP contribution in [-0.2, 0) is 4.79 Å². The van der Waals surface area contributed by atoms with Gasteiger partial charge in [0, 0.05) is 6.42 Å². The Morgan fingerprint density at radius 1 is 1.27 bits per heavy atom. The summed E-state index contributed by atoms with van der Waals surface area (Å²) < 4.78 is 0. The Morgan fingerprint density at radius 2 is 1.73 bits per heavy atom. The summed E-state index contributed by atoms with van der Waals surface area (Å²) in [6, 6.07) is 0. The van der Waals surface area contributed by atoms with Crippen molar-refractivity contribution in [1.82, 2.24) is 0 Å². The van der Waals surface area contributed by atoms with Crippen LogP contribution in [0.4, 0.5) is 0 Å². The van der Waals surface area contributed by atoms with Gasteiger partial charge in [-0.15, -0.1) is 0 Å². The summed E-state index contributed by atoms with van der Waals surface area (Å²) in [6.07, 6.45) is -2.96. The molecule has 1 fully saturated rings. The highest BCUT2D eigenvalue weighted by Crippen LogP contribution is 2.52. The zero-order valence-electron chi connectivity index (χ0n) is 8.92. The van der Waals surface area contributed by atoms with Gasteiger partial charge in [-0.3, -0.25) is 4.79 Å². The number of carbonyl (C=O) groups is 1. The normalized spacial score (nSPS) is 38.5. The summed E-state index contributed by atoms with van der Waals surface area (Å²) in [5.41, 5.74) is -0.946. The Morgan fingerprint density at radius 3 is 2.07 bits per heavy atom. The minimum absolute atomic E-state index is 0.0315. The van der Waals surface area contributed by atoms with Crippen molar-refractivity contribution in [1.29, 1.82) is 0 Å². The predicted octanol–water partition coefficient (Wildman–Crippen LogP) is -0.410. The summed E-state index contributed by atoms with van der Waals surface area (Å²) in [7, 11) is 0. The maximum atomic E-state index is 10.3. The fourth-order valence-corrected chi connectivity index (χ4v) is 2.00. The molecule has 0 aliphatic heterocycles. The molecular formula is C10H18O5. The first kappa shape index (κ1) is 12.4. The van der Waals surface area contributed by atoms with Gasteiger partial charge in [0.1, 0.15) is 0 Å². The molecule has 88 valence electrons. The second-order valence-electron chi connectivity index (χ2n) is 4.51. The Bertz CT molecular complexity index is 244. The van der Waals surface area contributed by atoms with E-state index in [1.165, 1.54) is 0 Å². The number of carboxylic acid groups (broad SMARTS) is 1. The minimum atomic E-state index is -1.31. The Balaban J connectivity index is 2.42. The zero-order chi connectivity index (χ0) is 11.8. The molecule has 1 aliphatic rings. The van der Waals surface area contributed by atoms with Gasteiger partial charge in [0.25, 0.3) is 0 Å². The van der Waals surface area contributed by atoms with Gasteiger partial charge in [-0.25, -0.2) is 0 Å². The van der Waals surface area contributed by atoms with Crippen LogP contribution < -0.4 is 0 Å². The lowest BCUT2D eigenvalue weighted by atomic mass is 10.0. The fourth-order valence-electron chi connectivity index (χ4n) is 2.00. The largest absolute Gasteiger partial charge is 0.481 e. The van der Waals surface area contributed by atoms with E-state index in [2.05, 4.69) is 0 Å². The van der Waals surface area contributed by atoms with Crippen molar-refractivity contribution in [3.8, 4) is 0 Å². The van der Waals surface area contributed by atoms with Crippen LogP contribution in [0.3, 0.4) is 0 Å². The van der Waals surface area contributed by atoms with Gasteiger partial charge in [0.05, 0.1) is 24.2 Å². The summed E-state index contributed by atoms with van der Waals surface area (Å²) in [6.45, 7) is 3.72. The first-order valence-corrected chi connectivity index (χ1v) is 5.09. The molecule has 0 radical (unpaired) electrons. The molecule has 0 spiro atoms. The van der Waals surface area contributed by atoms with Crippen molar-refractivity contribution in [2.24, 2.45) is 11.8 Å². The third kappa shape index (κ3) is 2.48. The van der Waals surface area contributed by atoms with E-state index in [0.717, 1.165) is 0 Å². The van der Waals surface area contributed by atoms with E-state index in [4.69, 9.17) is 5.11 Å². The second kappa shape index (κ2) is 4.08. The quantitative estimate of drug-likeness (QED) is 0.503. The Labute approximate surface area is 88.4 Å². The molecule has 0 aromatic rings. The molecule has 15 heavy (non-hydrogen) atoms. The number of hydrogen-bond acceptors (Lipinski definition) is 4. The molecule has 0 amide bonds. The maximum absolute atomic E-state index is 10.3. The van der Waals surface area contributed by atoms with Gasteiger partial charge in [-0.1, -0.05) is 13.8 Å². The average Bonchev–Trinajstić information content (AvgIpc) is 2.55. The van der Waals surface area contributed by atoms with Crippen molar-refractivity contribution in [3.05, 3.63) is 0 Å². The molecule has 5 nitrogen and oxygen atoms in total. The number of rotatable bonds is 5. The van der Waals surface area contributed by atoms with Crippen LogP contribution in [-0.4, -0.2) is 44.2 Å². The summed E-state index contributed by atoms with van der Waals surface area (Å²) in [4.78, 5) is 10.3. The van der Waals surface area contributed by atoms with Crippen molar-refractivity contribution in [2.45, 2.75) is 44.5 Å².